The number of hydrogen-bond donors (Lipinski definition) is 1. The van der Waals surface area contributed by atoms with Crippen LogP contribution < -0.4 is 10.1 Å². The van der Waals surface area contributed by atoms with Crippen molar-refractivity contribution in [2.75, 3.05) is 5.75 Å². The summed E-state index contributed by atoms with van der Waals surface area (Å²) in [5, 5.41) is 3.04. The zero-order valence-corrected chi connectivity index (χ0v) is 14.4. The Morgan fingerprint density at radius 2 is 1.84 bits per heavy atom. The topological polar surface area (TPSA) is 64.1 Å². The number of aromatic nitrogens is 2. The van der Waals surface area contributed by atoms with Gasteiger partial charge in [-0.1, -0.05) is 30.0 Å². The number of amides is 1. The zero-order valence-electron chi connectivity index (χ0n) is 13.6. The van der Waals surface area contributed by atoms with Crippen LogP contribution in [0.4, 0.5) is 13.2 Å². The minimum atomic E-state index is -4.78. The Morgan fingerprint density at radius 1 is 1.20 bits per heavy atom. The summed E-state index contributed by atoms with van der Waals surface area (Å²) in [6, 6.07) is 7.48. The molecule has 2 rings (SSSR count). The fourth-order valence-electron chi connectivity index (χ4n) is 2.01. The Kier molecular flexibility index (Phi) is 6.24. The van der Waals surface area contributed by atoms with Crippen LogP contribution in [0.25, 0.3) is 0 Å². The van der Waals surface area contributed by atoms with Crippen LogP contribution in [0.3, 0.4) is 0 Å². The minimum absolute atomic E-state index is 0.0607. The molecule has 9 heteroatoms. The third-order valence-corrected chi connectivity index (χ3v) is 3.82. The first kappa shape index (κ1) is 19.0. The maximum atomic E-state index is 12.4. The average Bonchev–Trinajstić information content (AvgIpc) is 2.49. The molecular weight excluding hydrogens is 355 g/mol. The number of nitrogens with zero attached hydrogens (tertiary/aromatic N) is 2. The molecule has 0 saturated heterocycles. The van der Waals surface area contributed by atoms with E-state index in [0.29, 0.717) is 5.16 Å². The summed E-state index contributed by atoms with van der Waals surface area (Å²) in [5.41, 5.74) is 1.84. The molecule has 0 spiro atoms. The first-order valence-electron chi connectivity index (χ1n) is 7.28. The summed E-state index contributed by atoms with van der Waals surface area (Å²) in [4.78, 5) is 20.3. The van der Waals surface area contributed by atoms with Crippen LogP contribution in [0, 0.1) is 13.8 Å². The van der Waals surface area contributed by atoms with E-state index in [4.69, 9.17) is 0 Å². The van der Waals surface area contributed by atoms with Gasteiger partial charge in [0.25, 0.3) is 0 Å². The van der Waals surface area contributed by atoms with Gasteiger partial charge >= 0.3 is 6.36 Å². The fourth-order valence-corrected chi connectivity index (χ4v) is 2.79. The van der Waals surface area contributed by atoms with E-state index >= 15 is 0 Å². The summed E-state index contributed by atoms with van der Waals surface area (Å²) >= 11 is 1.16. The Morgan fingerprint density at radius 3 is 2.48 bits per heavy atom. The third-order valence-electron chi connectivity index (χ3n) is 2.97. The molecule has 0 fully saturated rings. The molecule has 0 radical (unpaired) electrons. The highest BCUT2D eigenvalue weighted by atomic mass is 32.2. The highest BCUT2D eigenvalue weighted by molar-refractivity contribution is 7.99. The number of aryl methyl sites for hydroxylation is 2. The lowest BCUT2D eigenvalue weighted by Gasteiger charge is -2.13. The van der Waals surface area contributed by atoms with Gasteiger partial charge in [0.1, 0.15) is 5.75 Å². The molecule has 0 atom stereocenters. The minimum Gasteiger partial charge on any atom is -0.405 e. The highest BCUT2D eigenvalue weighted by Gasteiger charge is 2.31. The third kappa shape index (κ3) is 6.61. The molecule has 1 aromatic heterocycles. The molecule has 0 aliphatic carbocycles. The van der Waals surface area contributed by atoms with Crippen molar-refractivity contribution in [3.63, 3.8) is 0 Å². The number of carbonyl (C=O) groups excluding carboxylic acids is 1. The zero-order chi connectivity index (χ0) is 18.4. The van der Waals surface area contributed by atoms with Crippen LogP contribution in [0.1, 0.15) is 17.0 Å². The van der Waals surface area contributed by atoms with Crippen LogP contribution in [-0.4, -0.2) is 28.0 Å². The Balaban J connectivity index is 1.90. The smallest absolute Gasteiger partial charge is 0.405 e. The summed E-state index contributed by atoms with van der Waals surface area (Å²) in [7, 11) is 0. The van der Waals surface area contributed by atoms with E-state index in [2.05, 4.69) is 20.0 Å². The highest BCUT2D eigenvalue weighted by Crippen LogP contribution is 2.26. The van der Waals surface area contributed by atoms with Gasteiger partial charge in [-0.25, -0.2) is 9.97 Å². The van der Waals surface area contributed by atoms with Gasteiger partial charge in [-0.2, -0.15) is 0 Å². The predicted molar refractivity (Wildman–Crippen MR) is 87.2 cm³/mol. The van der Waals surface area contributed by atoms with Crippen molar-refractivity contribution >= 4 is 17.7 Å². The van der Waals surface area contributed by atoms with Gasteiger partial charge in [0.05, 0.1) is 5.75 Å². The van der Waals surface area contributed by atoms with E-state index in [9.17, 15) is 18.0 Å². The second kappa shape index (κ2) is 8.19. The monoisotopic (exact) mass is 371 g/mol. The summed E-state index contributed by atoms with van der Waals surface area (Å²) in [6.45, 7) is 3.59. The van der Waals surface area contributed by atoms with Gasteiger partial charge in [-0.05, 0) is 26.0 Å². The molecule has 134 valence electrons. The SMILES string of the molecule is Cc1cc(C)nc(SCC(=O)NCc2ccccc2OC(F)(F)F)n1. The number of carbonyl (C=O) groups is 1. The summed E-state index contributed by atoms with van der Waals surface area (Å²) in [6.07, 6.45) is -4.78. The van der Waals surface area contributed by atoms with Gasteiger partial charge in [0.2, 0.25) is 5.91 Å². The molecule has 1 aromatic carbocycles. The first-order chi connectivity index (χ1) is 11.7. The lowest BCUT2D eigenvalue weighted by Crippen LogP contribution is -2.26. The lowest BCUT2D eigenvalue weighted by atomic mass is 10.2. The van der Waals surface area contributed by atoms with Gasteiger partial charge in [-0.15, -0.1) is 13.2 Å². The number of thioether (sulfide) groups is 1. The van der Waals surface area contributed by atoms with Crippen molar-refractivity contribution in [3.8, 4) is 5.75 Å². The van der Waals surface area contributed by atoms with Crippen LogP contribution >= 0.6 is 11.8 Å². The Bertz CT molecular complexity index is 733. The van der Waals surface area contributed by atoms with Crippen LogP contribution in [0.15, 0.2) is 35.5 Å². The maximum absolute atomic E-state index is 12.4. The molecule has 25 heavy (non-hydrogen) atoms. The standard InChI is InChI=1S/C16H16F3N3O2S/c1-10-7-11(2)22-15(21-10)25-9-14(23)20-8-12-5-3-4-6-13(12)24-16(17,18)19/h3-7H,8-9H2,1-2H3,(H,20,23). The molecule has 0 saturated carbocycles. The van der Waals surface area contributed by atoms with Crippen LogP contribution in [-0.2, 0) is 11.3 Å². The molecule has 5 nitrogen and oxygen atoms in total. The van der Waals surface area contributed by atoms with Gasteiger partial charge in [0.15, 0.2) is 5.16 Å². The number of benzene rings is 1. The number of halogens is 3. The van der Waals surface area contributed by atoms with Crippen molar-refractivity contribution in [2.45, 2.75) is 31.9 Å². The number of alkyl halides is 3. The number of nitrogens with one attached hydrogen (secondary N) is 1. The fraction of sp³-hybridized carbons (Fsp3) is 0.312. The van der Waals surface area contributed by atoms with Gasteiger partial charge < -0.3 is 10.1 Å². The first-order valence-corrected chi connectivity index (χ1v) is 8.27. The molecule has 0 aliphatic heterocycles. The second-order valence-corrected chi connectivity index (χ2v) is 6.10. The molecule has 0 unspecified atom stereocenters. The Labute approximate surface area is 147 Å². The maximum Gasteiger partial charge on any atom is 0.573 e. The van der Waals surface area contributed by atoms with E-state index in [-0.39, 0.29) is 29.5 Å². The van der Waals surface area contributed by atoms with Gasteiger partial charge in [0, 0.05) is 23.5 Å². The van der Waals surface area contributed by atoms with Crippen molar-refractivity contribution < 1.29 is 22.7 Å². The normalized spacial score (nSPS) is 11.2. The second-order valence-electron chi connectivity index (χ2n) is 5.15. The van der Waals surface area contributed by atoms with Crippen molar-refractivity contribution in [1.82, 2.24) is 15.3 Å². The van der Waals surface area contributed by atoms with E-state index < -0.39 is 6.36 Å². The molecule has 0 bridgehead atoms. The van der Waals surface area contributed by atoms with E-state index in [1.165, 1.54) is 18.2 Å². The number of rotatable bonds is 6. The number of hydrogen-bond acceptors (Lipinski definition) is 5. The van der Waals surface area contributed by atoms with E-state index in [1.54, 1.807) is 6.07 Å². The number of ether oxygens (including phenoxy) is 1. The molecule has 1 N–H and O–H groups in total. The van der Waals surface area contributed by atoms with E-state index in [1.807, 2.05) is 19.9 Å². The van der Waals surface area contributed by atoms with Crippen molar-refractivity contribution in [1.29, 1.82) is 0 Å². The quantitative estimate of drug-likeness (QED) is 0.623. The average molecular weight is 371 g/mol. The van der Waals surface area contributed by atoms with Crippen molar-refractivity contribution in [3.05, 3.63) is 47.3 Å². The molecule has 0 aliphatic rings. The molecule has 1 heterocycles. The Hall–Kier alpha value is -2.29. The largest absolute Gasteiger partial charge is 0.573 e. The molecule has 1 amide bonds. The summed E-state index contributed by atoms with van der Waals surface area (Å²) < 4.78 is 41.0. The van der Waals surface area contributed by atoms with Crippen LogP contribution in [0.5, 0.6) is 5.75 Å². The van der Waals surface area contributed by atoms with E-state index in [0.717, 1.165) is 23.1 Å². The molecular formula is C16H16F3N3O2S. The molecule has 2 aromatic rings. The summed E-state index contributed by atoms with van der Waals surface area (Å²) in [5.74, 6) is -0.610. The van der Waals surface area contributed by atoms with Crippen LogP contribution in [0.2, 0.25) is 0 Å². The lowest BCUT2D eigenvalue weighted by molar-refractivity contribution is -0.274. The van der Waals surface area contributed by atoms with Crippen molar-refractivity contribution in [2.24, 2.45) is 0 Å². The predicted octanol–water partition coefficient (Wildman–Crippen LogP) is 3.40. The van der Waals surface area contributed by atoms with Gasteiger partial charge in [-0.3, -0.25) is 4.79 Å². The number of para-hydroxylation sites is 1.